The third-order valence-corrected chi connectivity index (χ3v) is 6.49. The van der Waals surface area contributed by atoms with E-state index in [-0.39, 0.29) is 23.5 Å². The second kappa shape index (κ2) is 9.47. The van der Waals surface area contributed by atoms with Crippen molar-refractivity contribution in [2.75, 3.05) is 27.2 Å². The van der Waals surface area contributed by atoms with Gasteiger partial charge >= 0.3 is 5.69 Å². The molecule has 0 aromatic carbocycles. The molecule has 35 heavy (non-hydrogen) atoms. The van der Waals surface area contributed by atoms with Gasteiger partial charge in [-0.25, -0.2) is 9.78 Å². The Hall–Kier alpha value is -3.77. The van der Waals surface area contributed by atoms with Crippen LogP contribution in [-0.2, 0) is 0 Å². The van der Waals surface area contributed by atoms with E-state index in [1.165, 1.54) is 11.3 Å². The lowest BCUT2D eigenvalue weighted by Crippen LogP contribution is -2.26. The van der Waals surface area contributed by atoms with Crippen molar-refractivity contribution in [3.63, 3.8) is 0 Å². The van der Waals surface area contributed by atoms with Crippen molar-refractivity contribution >= 4 is 29.0 Å². The SMILES string of the molecule is CN(C)CCCNC(=O)c1cc(-c2cc(=NC3CC3)n3ncc(=Cc4[nH]c(=O)[nH]c4O)c3n2)cs1. The lowest BCUT2D eigenvalue weighted by molar-refractivity contribution is 0.0956. The van der Waals surface area contributed by atoms with E-state index in [2.05, 4.69) is 25.3 Å². The lowest BCUT2D eigenvalue weighted by atomic mass is 10.2. The molecule has 0 radical (unpaired) electrons. The molecule has 11 nitrogen and oxygen atoms in total. The third kappa shape index (κ3) is 5.17. The molecule has 1 saturated carbocycles. The van der Waals surface area contributed by atoms with Crippen molar-refractivity contribution in [3.8, 4) is 17.1 Å². The van der Waals surface area contributed by atoms with E-state index in [0.717, 1.165) is 31.4 Å². The molecule has 0 atom stereocenters. The smallest absolute Gasteiger partial charge is 0.326 e. The van der Waals surface area contributed by atoms with Crippen LogP contribution in [0.2, 0.25) is 0 Å². The number of hydrogen-bond donors (Lipinski definition) is 4. The first kappa shape index (κ1) is 23.0. The van der Waals surface area contributed by atoms with Gasteiger partial charge in [-0.05, 0) is 52.0 Å². The van der Waals surface area contributed by atoms with Crippen LogP contribution in [0.3, 0.4) is 0 Å². The van der Waals surface area contributed by atoms with Crippen molar-refractivity contribution < 1.29 is 9.90 Å². The summed E-state index contributed by atoms with van der Waals surface area (Å²) in [5.41, 5.74) is 2.41. The first-order valence-electron chi connectivity index (χ1n) is 11.3. The Labute approximate surface area is 203 Å². The molecule has 4 aromatic heterocycles. The summed E-state index contributed by atoms with van der Waals surface area (Å²) >= 11 is 1.37. The van der Waals surface area contributed by atoms with E-state index >= 15 is 0 Å². The number of hydrogen-bond acceptors (Lipinski definition) is 8. The number of nitrogens with zero attached hydrogens (tertiary/aromatic N) is 5. The fourth-order valence-electron chi connectivity index (χ4n) is 3.62. The number of thiophene rings is 1. The van der Waals surface area contributed by atoms with Gasteiger partial charge in [0.05, 0.1) is 22.8 Å². The number of H-pyrrole nitrogens is 2. The summed E-state index contributed by atoms with van der Waals surface area (Å²) in [5, 5.41) is 19.9. The zero-order valence-electron chi connectivity index (χ0n) is 19.4. The molecular formula is C23H26N8O3S. The first-order chi connectivity index (χ1) is 16.9. The summed E-state index contributed by atoms with van der Waals surface area (Å²) in [6, 6.07) is 3.97. The van der Waals surface area contributed by atoms with E-state index < -0.39 is 5.69 Å². The maximum Gasteiger partial charge on any atom is 0.326 e. The van der Waals surface area contributed by atoms with Crippen LogP contribution < -0.4 is 21.7 Å². The second-order valence-corrected chi connectivity index (χ2v) is 9.70. The molecule has 0 aliphatic heterocycles. The van der Waals surface area contributed by atoms with Crippen molar-refractivity contribution in [1.82, 2.24) is 34.8 Å². The molecule has 4 N–H and O–H groups in total. The molecule has 4 aromatic rings. The Balaban J connectivity index is 1.51. The normalized spacial score (nSPS) is 14.9. The molecule has 0 saturated heterocycles. The maximum absolute atomic E-state index is 12.6. The first-order valence-corrected chi connectivity index (χ1v) is 12.2. The van der Waals surface area contributed by atoms with Crippen molar-refractivity contribution in [2.24, 2.45) is 4.99 Å². The highest BCUT2D eigenvalue weighted by molar-refractivity contribution is 7.12. The third-order valence-electron chi connectivity index (χ3n) is 5.56. The maximum atomic E-state index is 12.6. The molecule has 0 unspecified atom stereocenters. The fourth-order valence-corrected chi connectivity index (χ4v) is 4.43. The number of aromatic hydroxyl groups is 1. The van der Waals surface area contributed by atoms with Crippen LogP contribution in [0.4, 0.5) is 0 Å². The average Bonchev–Trinajstić information content (AvgIpc) is 3.19. The Morgan fingerprint density at radius 2 is 2.20 bits per heavy atom. The van der Waals surface area contributed by atoms with Gasteiger partial charge in [0.2, 0.25) is 5.88 Å². The summed E-state index contributed by atoms with van der Waals surface area (Å²) in [6.45, 7) is 1.52. The minimum Gasteiger partial charge on any atom is -0.493 e. The molecule has 1 aliphatic rings. The average molecular weight is 495 g/mol. The van der Waals surface area contributed by atoms with Gasteiger partial charge in [-0.3, -0.25) is 14.8 Å². The zero-order chi connectivity index (χ0) is 24.5. The summed E-state index contributed by atoms with van der Waals surface area (Å²) in [6.07, 6.45) is 6.17. The van der Waals surface area contributed by atoms with Crippen LogP contribution in [-0.4, -0.2) is 73.7 Å². The Morgan fingerprint density at radius 3 is 2.91 bits per heavy atom. The van der Waals surface area contributed by atoms with Crippen molar-refractivity contribution in [1.29, 1.82) is 0 Å². The quantitative estimate of drug-likeness (QED) is 0.262. The van der Waals surface area contributed by atoms with Crippen molar-refractivity contribution in [2.45, 2.75) is 25.3 Å². The Kier molecular flexibility index (Phi) is 6.22. The summed E-state index contributed by atoms with van der Waals surface area (Å²) in [5.74, 6) is -0.360. The van der Waals surface area contributed by atoms with Gasteiger partial charge < -0.3 is 20.3 Å². The number of nitrogens with one attached hydrogen (secondary N) is 3. The molecule has 1 aliphatic carbocycles. The van der Waals surface area contributed by atoms with Crippen LogP contribution in [0.5, 0.6) is 5.88 Å². The molecule has 182 valence electrons. The fraction of sp³-hybridized carbons (Fsp3) is 0.348. The van der Waals surface area contributed by atoms with Gasteiger partial charge in [-0.2, -0.15) is 9.61 Å². The lowest BCUT2D eigenvalue weighted by Gasteiger charge is -2.09. The zero-order valence-corrected chi connectivity index (χ0v) is 20.2. The van der Waals surface area contributed by atoms with Crippen molar-refractivity contribution in [3.05, 3.63) is 55.5 Å². The summed E-state index contributed by atoms with van der Waals surface area (Å²) < 4.78 is 1.65. The van der Waals surface area contributed by atoms with E-state index in [0.29, 0.717) is 33.5 Å². The van der Waals surface area contributed by atoms with Gasteiger partial charge in [0, 0.05) is 28.8 Å². The topological polar surface area (TPSA) is 144 Å². The molecule has 1 fully saturated rings. The molecule has 5 rings (SSSR count). The molecular weight excluding hydrogens is 468 g/mol. The van der Waals surface area contributed by atoms with Crippen LogP contribution in [0, 0.1) is 0 Å². The number of aromatic amines is 2. The number of amides is 1. The van der Waals surface area contributed by atoms with Gasteiger partial charge in [0.15, 0.2) is 11.1 Å². The number of aromatic nitrogens is 5. The van der Waals surface area contributed by atoms with Gasteiger partial charge in [0.25, 0.3) is 5.91 Å². The predicted molar refractivity (Wildman–Crippen MR) is 132 cm³/mol. The summed E-state index contributed by atoms with van der Waals surface area (Å²) in [7, 11) is 4.01. The van der Waals surface area contributed by atoms with Crippen LogP contribution >= 0.6 is 11.3 Å². The van der Waals surface area contributed by atoms with Crippen LogP contribution in [0.15, 0.2) is 33.5 Å². The molecule has 4 heterocycles. The van der Waals surface area contributed by atoms with E-state index in [4.69, 9.17) is 9.98 Å². The molecule has 0 spiro atoms. The van der Waals surface area contributed by atoms with Gasteiger partial charge in [0.1, 0.15) is 5.69 Å². The monoisotopic (exact) mass is 494 g/mol. The Bertz CT molecular complexity index is 1560. The molecule has 12 heteroatoms. The molecule has 1 amide bonds. The van der Waals surface area contributed by atoms with E-state index in [1.54, 1.807) is 16.8 Å². The molecule has 0 bridgehead atoms. The minimum absolute atomic E-state index is 0.103. The number of carbonyl (C=O) groups is 1. The van der Waals surface area contributed by atoms with E-state index in [1.807, 2.05) is 31.6 Å². The van der Waals surface area contributed by atoms with Crippen LogP contribution in [0.25, 0.3) is 23.0 Å². The minimum atomic E-state index is -0.505. The second-order valence-electron chi connectivity index (χ2n) is 8.79. The highest BCUT2D eigenvalue weighted by atomic mass is 32.1. The highest BCUT2D eigenvalue weighted by Gasteiger charge is 2.21. The highest BCUT2D eigenvalue weighted by Crippen LogP contribution is 2.25. The number of rotatable bonds is 8. The summed E-state index contributed by atoms with van der Waals surface area (Å²) in [4.78, 5) is 41.2. The number of carbonyl (C=O) groups excluding carboxylic acids is 1. The number of fused-ring (bicyclic) bond motifs is 1. The van der Waals surface area contributed by atoms with E-state index in [9.17, 15) is 14.7 Å². The number of imidazole rings is 1. The van der Waals surface area contributed by atoms with Gasteiger partial charge in [-0.1, -0.05) is 0 Å². The largest absolute Gasteiger partial charge is 0.493 e. The van der Waals surface area contributed by atoms with Crippen LogP contribution in [0.1, 0.15) is 34.6 Å². The standard InChI is InChI=1S/C23H26N8O3S/c1-30(2)7-3-6-24-22(33)18-9-14(12-35-18)16-10-19(26-15-4-5-15)31-20(27-16)13(11-25-31)8-17-21(32)29-23(34)28-17/h8-12,15,32H,3-7H2,1-2H3,(H,24,33)(H2,28,29,34). The van der Waals surface area contributed by atoms with Gasteiger partial charge in [-0.15, -0.1) is 11.3 Å². The Morgan fingerprint density at radius 1 is 1.37 bits per heavy atom. The predicted octanol–water partition coefficient (Wildman–Crippen LogP) is 0.472.